The Hall–Kier alpha value is -2.86. The Morgan fingerprint density at radius 2 is 1.52 bits per heavy atom. The van der Waals surface area contributed by atoms with E-state index in [0.29, 0.717) is 25.3 Å². The van der Waals surface area contributed by atoms with Gasteiger partial charge in [-0.25, -0.2) is 0 Å². The number of carbonyl (C=O) groups is 2. The van der Waals surface area contributed by atoms with Crippen molar-refractivity contribution in [3.8, 4) is 5.75 Å². The van der Waals surface area contributed by atoms with Gasteiger partial charge in [-0.1, -0.05) is 36.4 Å². The molecule has 1 aliphatic rings. The van der Waals surface area contributed by atoms with Gasteiger partial charge in [-0.05, 0) is 24.3 Å². The Labute approximate surface area is 159 Å². The highest BCUT2D eigenvalue weighted by molar-refractivity contribution is 5.96. The fourth-order valence-electron chi connectivity index (χ4n) is 2.99. The second-order valence-corrected chi connectivity index (χ2v) is 6.43. The number of hydrogen-bond acceptors (Lipinski definition) is 4. The summed E-state index contributed by atoms with van der Waals surface area (Å²) in [4.78, 5) is 28.4. The van der Waals surface area contributed by atoms with E-state index in [9.17, 15) is 9.59 Å². The second-order valence-electron chi connectivity index (χ2n) is 6.43. The largest absolute Gasteiger partial charge is 0.492 e. The number of ether oxygens (including phenoxy) is 1. The molecule has 1 heterocycles. The molecule has 2 aromatic rings. The van der Waals surface area contributed by atoms with Crippen LogP contribution in [0.3, 0.4) is 0 Å². The summed E-state index contributed by atoms with van der Waals surface area (Å²) < 4.78 is 5.72. The van der Waals surface area contributed by atoms with Crippen LogP contribution in [0.25, 0.3) is 0 Å². The average Bonchev–Trinajstić information content (AvgIpc) is 2.73. The van der Waals surface area contributed by atoms with Crippen LogP contribution >= 0.6 is 0 Å². The monoisotopic (exact) mass is 367 g/mol. The van der Waals surface area contributed by atoms with E-state index in [4.69, 9.17) is 4.74 Å². The SMILES string of the molecule is O=C(NCC(=O)N1CCN(CCOc2ccccc2)CC1)c1ccccc1. The molecule has 1 fully saturated rings. The first-order valence-electron chi connectivity index (χ1n) is 9.23. The smallest absolute Gasteiger partial charge is 0.251 e. The lowest BCUT2D eigenvalue weighted by atomic mass is 10.2. The van der Waals surface area contributed by atoms with E-state index in [0.717, 1.165) is 25.4 Å². The van der Waals surface area contributed by atoms with Gasteiger partial charge < -0.3 is 15.0 Å². The van der Waals surface area contributed by atoms with Crippen molar-refractivity contribution in [1.29, 1.82) is 0 Å². The van der Waals surface area contributed by atoms with Gasteiger partial charge in [0.1, 0.15) is 12.4 Å². The second kappa shape index (κ2) is 9.73. The third kappa shape index (κ3) is 5.82. The van der Waals surface area contributed by atoms with E-state index in [1.807, 2.05) is 36.4 Å². The van der Waals surface area contributed by atoms with Crippen LogP contribution in [0.5, 0.6) is 5.75 Å². The summed E-state index contributed by atoms with van der Waals surface area (Å²) in [6.07, 6.45) is 0. The number of benzene rings is 2. The minimum absolute atomic E-state index is 0.0326. The zero-order chi connectivity index (χ0) is 18.9. The highest BCUT2D eigenvalue weighted by Gasteiger charge is 2.21. The van der Waals surface area contributed by atoms with Crippen molar-refractivity contribution < 1.29 is 14.3 Å². The van der Waals surface area contributed by atoms with Crippen LogP contribution in [-0.4, -0.2) is 67.5 Å². The van der Waals surface area contributed by atoms with Crippen LogP contribution in [0, 0.1) is 0 Å². The molecule has 0 saturated carbocycles. The maximum atomic E-state index is 12.3. The fraction of sp³-hybridized carbons (Fsp3) is 0.333. The van der Waals surface area contributed by atoms with Crippen molar-refractivity contribution >= 4 is 11.8 Å². The Balaban J connectivity index is 1.33. The van der Waals surface area contributed by atoms with Crippen LogP contribution in [0.15, 0.2) is 60.7 Å². The van der Waals surface area contributed by atoms with Gasteiger partial charge >= 0.3 is 0 Å². The number of nitrogens with one attached hydrogen (secondary N) is 1. The Morgan fingerprint density at radius 1 is 0.889 bits per heavy atom. The zero-order valence-electron chi connectivity index (χ0n) is 15.3. The van der Waals surface area contributed by atoms with Crippen LogP contribution in [0.2, 0.25) is 0 Å². The van der Waals surface area contributed by atoms with Crippen LogP contribution in [-0.2, 0) is 4.79 Å². The molecule has 1 aliphatic heterocycles. The molecule has 0 bridgehead atoms. The van der Waals surface area contributed by atoms with Crippen molar-refractivity contribution in [3.63, 3.8) is 0 Å². The molecular formula is C21H25N3O3. The Bertz CT molecular complexity index is 729. The number of hydrogen-bond donors (Lipinski definition) is 1. The van der Waals surface area contributed by atoms with E-state index in [1.54, 1.807) is 29.2 Å². The summed E-state index contributed by atoms with van der Waals surface area (Å²) in [6, 6.07) is 18.7. The van der Waals surface area contributed by atoms with Gasteiger partial charge in [0, 0.05) is 38.3 Å². The van der Waals surface area contributed by atoms with Gasteiger partial charge in [-0.3, -0.25) is 14.5 Å². The lowest BCUT2D eigenvalue weighted by Gasteiger charge is -2.34. The normalized spacial score (nSPS) is 14.6. The van der Waals surface area contributed by atoms with Gasteiger partial charge in [0.15, 0.2) is 0 Å². The molecule has 6 nitrogen and oxygen atoms in total. The van der Waals surface area contributed by atoms with Crippen molar-refractivity contribution in [2.24, 2.45) is 0 Å². The number of rotatable bonds is 7. The third-order valence-corrected chi connectivity index (χ3v) is 4.58. The van der Waals surface area contributed by atoms with Gasteiger partial charge in [0.25, 0.3) is 5.91 Å². The predicted molar refractivity (Wildman–Crippen MR) is 104 cm³/mol. The Morgan fingerprint density at radius 3 is 2.19 bits per heavy atom. The van der Waals surface area contributed by atoms with Crippen molar-refractivity contribution in [1.82, 2.24) is 15.1 Å². The summed E-state index contributed by atoms with van der Waals surface area (Å²) in [7, 11) is 0. The molecule has 0 unspecified atom stereocenters. The topological polar surface area (TPSA) is 61.9 Å². The summed E-state index contributed by atoms with van der Waals surface area (Å²) in [6.45, 7) is 4.47. The van der Waals surface area contributed by atoms with Gasteiger partial charge in [-0.2, -0.15) is 0 Å². The van der Waals surface area contributed by atoms with E-state index >= 15 is 0 Å². The molecule has 3 rings (SSSR count). The molecule has 1 saturated heterocycles. The number of piperazine rings is 1. The maximum Gasteiger partial charge on any atom is 0.251 e. The van der Waals surface area contributed by atoms with E-state index in [2.05, 4.69) is 10.2 Å². The molecule has 0 spiro atoms. The summed E-state index contributed by atoms with van der Waals surface area (Å²) in [5, 5.41) is 2.70. The molecule has 0 radical (unpaired) electrons. The lowest BCUT2D eigenvalue weighted by molar-refractivity contribution is -0.131. The highest BCUT2D eigenvalue weighted by Crippen LogP contribution is 2.08. The summed E-state index contributed by atoms with van der Waals surface area (Å²) >= 11 is 0. The van der Waals surface area contributed by atoms with E-state index in [1.165, 1.54) is 0 Å². The average molecular weight is 367 g/mol. The molecule has 2 amide bonds. The standard InChI is InChI=1S/C21H25N3O3/c25-20(17-22-21(26)18-7-3-1-4-8-18)24-13-11-23(12-14-24)15-16-27-19-9-5-2-6-10-19/h1-10H,11-17H2,(H,22,26). The minimum Gasteiger partial charge on any atom is -0.492 e. The molecule has 2 aromatic carbocycles. The highest BCUT2D eigenvalue weighted by atomic mass is 16.5. The number of nitrogens with zero attached hydrogens (tertiary/aromatic N) is 2. The Kier molecular flexibility index (Phi) is 6.82. The van der Waals surface area contributed by atoms with Gasteiger partial charge in [0.05, 0.1) is 6.54 Å². The molecule has 0 aromatic heterocycles. The van der Waals surface area contributed by atoms with E-state index in [-0.39, 0.29) is 18.4 Å². The van der Waals surface area contributed by atoms with Crippen LogP contribution in [0.1, 0.15) is 10.4 Å². The van der Waals surface area contributed by atoms with E-state index < -0.39 is 0 Å². The number of carbonyl (C=O) groups excluding carboxylic acids is 2. The molecule has 142 valence electrons. The quantitative estimate of drug-likeness (QED) is 0.808. The van der Waals surface area contributed by atoms with Crippen molar-refractivity contribution in [3.05, 3.63) is 66.2 Å². The predicted octanol–water partition coefficient (Wildman–Crippen LogP) is 1.64. The summed E-state index contributed by atoms with van der Waals surface area (Å²) in [5.41, 5.74) is 0.563. The number of para-hydroxylation sites is 1. The molecule has 1 N–H and O–H groups in total. The third-order valence-electron chi connectivity index (χ3n) is 4.58. The summed E-state index contributed by atoms with van der Waals surface area (Å²) in [5.74, 6) is 0.612. The zero-order valence-corrected chi connectivity index (χ0v) is 15.3. The first-order chi connectivity index (χ1) is 13.2. The molecule has 0 atom stereocenters. The molecule has 27 heavy (non-hydrogen) atoms. The molecule has 0 aliphatic carbocycles. The maximum absolute atomic E-state index is 12.3. The number of amides is 2. The van der Waals surface area contributed by atoms with Crippen LogP contribution < -0.4 is 10.1 Å². The molecule has 6 heteroatoms. The van der Waals surface area contributed by atoms with Crippen LogP contribution in [0.4, 0.5) is 0 Å². The lowest BCUT2D eigenvalue weighted by Crippen LogP contribution is -2.51. The minimum atomic E-state index is -0.222. The molecular weight excluding hydrogens is 342 g/mol. The fourth-order valence-corrected chi connectivity index (χ4v) is 2.99. The van der Waals surface area contributed by atoms with Crippen molar-refractivity contribution in [2.75, 3.05) is 45.9 Å². The van der Waals surface area contributed by atoms with Crippen molar-refractivity contribution in [2.45, 2.75) is 0 Å². The first-order valence-corrected chi connectivity index (χ1v) is 9.23. The van der Waals surface area contributed by atoms with Gasteiger partial charge in [-0.15, -0.1) is 0 Å². The first kappa shape index (κ1) is 18.9. The van der Waals surface area contributed by atoms with Gasteiger partial charge in [0.2, 0.25) is 5.91 Å².